The van der Waals surface area contributed by atoms with Crippen LogP contribution >= 0.6 is 23.4 Å². The van der Waals surface area contributed by atoms with Crippen LogP contribution in [0.2, 0.25) is 5.02 Å². The van der Waals surface area contributed by atoms with E-state index in [1.807, 2.05) is 42.5 Å². The predicted octanol–water partition coefficient (Wildman–Crippen LogP) is 4.93. The van der Waals surface area contributed by atoms with Crippen LogP contribution < -0.4 is 5.56 Å². The van der Waals surface area contributed by atoms with Gasteiger partial charge in [-0.3, -0.25) is 9.48 Å². The zero-order valence-corrected chi connectivity index (χ0v) is 15.8. The first-order valence-electron chi connectivity index (χ1n) is 8.68. The molecule has 2 aromatic heterocycles. The third-order valence-electron chi connectivity index (χ3n) is 4.58. The molecule has 2 aromatic carbocycles. The molecule has 1 N–H and O–H groups in total. The van der Waals surface area contributed by atoms with E-state index in [1.54, 1.807) is 11.8 Å². The van der Waals surface area contributed by atoms with E-state index in [2.05, 4.69) is 20.8 Å². The Balaban J connectivity index is 1.60. The van der Waals surface area contributed by atoms with Gasteiger partial charge in [-0.2, -0.15) is 5.10 Å². The van der Waals surface area contributed by atoms with E-state index < -0.39 is 0 Å². The standard InChI is InChI=1S/C20H15ClN4OS/c21-13-2-6-15(7-3-13)27-18-10-25(14-4-5-14)24-19(18)12-1-8-16-17(9-12)22-11-23-20(16)26/h1-3,6-11,14H,4-5H2,(H,22,23,26). The minimum absolute atomic E-state index is 0.133. The van der Waals surface area contributed by atoms with Crippen molar-refractivity contribution in [1.82, 2.24) is 19.7 Å². The highest BCUT2D eigenvalue weighted by atomic mass is 35.5. The molecule has 0 atom stereocenters. The van der Waals surface area contributed by atoms with Crippen LogP contribution in [0.15, 0.2) is 69.6 Å². The number of aromatic amines is 1. The van der Waals surface area contributed by atoms with E-state index in [0.29, 0.717) is 16.9 Å². The molecule has 0 radical (unpaired) electrons. The smallest absolute Gasteiger partial charge is 0.258 e. The van der Waals surface area contributed by atoms with Crippen molar-refractivity contribution >= 4 is 34.3 Å². The highest BCUT2D eigenvalue weighted by Crippen LogP contribution is 2.41. The van der Waals surface area contributed by atoms with Gasteiger partial charge < -0.3 is 4.98 Å². The molecule has 1 fully saturated rings. The Hall–Kier alpha value is -2.57. The van der Waals surface area contributed by atoms with Crippen molar-refractivity contribution in [2.75, 3.05) is 0 Å². The minimum Gasteiger partial charge on any atom is -0.313 e. The summed E-state index contributed by atoms with van der Waals surface area (Å²) in [4.78, 5) is 21.0. The average Bonchev–Trinajstić information content (AvgIpc) is 3.44. The van der Waals surface area contributed by atoms with E-state index in [1.165, 1.54) is 19.2 Å². The molecule has 5 nitrogen and oxygen atoms in total. The van der Waals surface area contributed by atoms with Crippen molar-refractivity contribution in [2.24, 2.45) is 0 Å². The number of fused-ring (bicyclic) bond motifs is 1. The molecule has 27 heavy (non-hydrogen) atoms. The van der Waals surface area contributed by atoms with Crippen molar-refractivity contribution in [3.63, 3.8) is 0 Å². The molecule has 0 spiro atoms. The molecule has 1 saturated carbocycles. The molecular formula is C20H15ClN4OS. The first kappa shape index (κ1) is 16.6. The van der Waals surface area contributed by atoms with Crippen molar-refractivity contribution in [3.05, 3.63) is 70.4 Å². The molecule has 1 aliphatic rings. The van der Waals surface area contributed by atoms with Gasteiger partial charge in [-0.15, -0.1) is 0 Å². The summed E-state index contributed by atoms with van der Waals surface area (Å²) in [7, 11) is 0. The Morgan fingerprint density at radius 1 is 1.15 bits per heavy atom. The van der Waals surface area contributed by atoms with Crippen LogP contribution in [0.25, 0.3) is 22.2 Å². The Morgan fingerprint density at radius 2 is 1.96 bits per heavy atom. The summed E-state index contributed by atoms with van der Waals surface area (Å²) in [6, 6.07) is 14.0. The summed E-state index contributed by atoms with van der Waals surface area (Å²) in [5.41, 5.74) is 2.40. The van der Waals surface area contributed by atoms with Gasteiger partial charge in [0.1, 0.15) is 5.69 Å². The Morgan fingerprint density at radius 3 is 2.74 bits per heavy atom. The number of benzene rings is 2. The van der Waals surface area contributed by atoms with Gasteiger partial charge in [-0.05, 0) is 49.2 Å². The van der Waals surface area contributed by atoms with Crippen molar-refractivity contribution in [3.8, 4) is 11.3 Å². The van der Waals surface area contributed by atoms with Gasteiger partial charge in [0.2, 0.25) is 0 Å². The number of nitrogens with zero attached hydrogens (tertiary/aromatic N) is 3. The fourth-order valence-electron chi connectivity index (χ4n) is 3.02. The summed E-state index contributed by atoms with van der Waals surface area (Å²) < 4.78 is 2.06. The quantitative estimate of drug-likeness (QED) is 0.533. The van der Waals surface area contributed by atoms with Crippen molar-refractivity contribution in [1.29, 1.82) is 0 Å². The van der Waals surface area contributed by atoms with Crippen LogP contribution in [0.3, 0.4) is 0 Å². The van der Waals surface area contributed by atoms with E-state index in [4.69, 9.17) is 16.7 Å². The average molecular weight is 395 g/mol. The summed E-state index contributed by atoms with van der Waals surface area (Å²) in [6.45, 7) is 0. The summed E-state index contributed by atoms with van der Waals surface area (Å²) in [6.07, 6.45) is 5.88. The van der Waals surface area contributed by atoms with Gasteiger partial charge >= 0.3 is 0 Å². The van der Waals surface area contributed by atoms with Gasteiger partial charge in [0.05, 0.1) is 28.2 Å². The van der Waals surface area contributed by atoms with Crippen LogP contribution in [0.1, 0.15) is 18.9 Å². The molecular weight excluding hydrogens is 380 g/mol. The zero-order valence-electron chi connectivity index (χ0n) is 14.2. The Bertz CT molecular complexity index is 1190. The molecule has 0 bridgehead atoms. The number of hydrogen-bond acceptors (Lipinski definition) is 4. The SMILES string of the molecule is O=c1[nH]cnc2cc(-c3nn(C4CC4)cc3Sc3ccc(Cl)cc3)ccc12. The molecule has 0 amide bonds. The predicted molar refractivity (Wildman–Crippen MR) is 107 cm³/mol. The fourth-order valence-corrected chi connectivity index (χ4v) is 4.09. The molecule has 0 saturated heterocycles. The number of H-pyrrole nitrogens is 1. The topological polar surface area (TPSA) is 63.6 Å². The van der Waals surface area contributed by atoms with E-state index in [9.17, 15) is 4.79 Å². The Kier molecular flexibility index (Phi) is 4.02. The van der Waals surface area contributed by atoms with Gasteiger partial charge in [-0.1, -0.05) is 29.4 Å². The van der Waals surface area contributed by atoms with Crippen LogP contribution in [0.5, 0.6) is 0 Å². The van der Waals surface area contributed by atoms with Crippen molar-refractivity contribution < 1.29 is 0 Å². The highest BCUT2D eigenvalue weighted by molar-refractivity contribution is 7.99. The lowest BCUT2D eigenvalue weighted by molar-refractivity contribution is 0.642. The molecule has 5 rings (SSSR count). The molecule has 0 unspecified atom stereocenters. The minimum atomic E-state index is -0.133. The zero-order chi connectivity index (χ0) is 18.4. The number of halogens is 1. The second-order valence-electron chi connectivity index (χ2n) is 6.57. The normalized spacial score (nSPS) is 14.0. The van der Waals surface area contributed by atoms with Crippen molar-refractivity contribution in [2.45, 2.75) is 28.7 Å². The molecule has 1 aliphatic carbocycles. The second kappa shape index (κ2) is 6.55. The van der Waals surface area contributed by atoms with E-state index >= 15 is 0 Å². The van der Waals surface area contributed by atoms with Crippen LogP contribution in [-0.2, 0) is 0 Å². The number of rotatable bonds is 4. The van der Waals surface area contributed by atoms with Crippen LogP contribution in [0.4, 0.5) is 0 Å². The third-order valence-corrected chi connectivity index (χ3v) is 5.85. The summed E-state index contributed by atoms with van der Waals surface area (Å²) in [5.74, 6) is 0. The van der Waals surface area contributed by atoms with Gasteiger partial charge in [0.15, 0.2) is 0 Å². The van der Waals surface area contributed by atoms with Gasteiger partial charge in [0, 0.05) is 21.7 Å². The first-order valence-corrected chi connectivity index (χ1v) is 9.87. The second-order valence-corrected chi connectivity index (χ2v) is 8.12. The molecule has 0 aliphatic heterocycles. The Labute approximate surface area is 164 Å². The van der Waals surface area contributed by atoms with Crippen LogP contribution in [0, 0.1) is 0 Å². The van der Waals surface area contributed by atoms with Gasteiger partial charge in [-0.25, -0.2) is 4.98 Å². The summed E-state index contributed by atoms with van der Waals surface area (Å²) in [5, 5.41) is 6.14. The molecule has 7 heteroatoms. The maximum absolute atomic E-state index is 11.9. The lowest BCUT2D eigenvalue weighted by Gasteiger charge is -2.04. The van der Waals surface area contributed by atoms with E-state index in [-0.39, 0.29) is 5.56 Å². The fraction of sp³-hybridized carbons (Fsp3) is 0.150. The molecule has 2 heterocycles. The summed E-state index contributed by atoms with van der Waals surface area (Å²) >= 11 is 7.67. The highest BCUT2D eigenvalue weighted by Gasteiger charge is 2.26. The van der Waals surface area contributed by atoms with Crippen LogP contribution in [-0.4, -0.2) is 19.7 Å². The monoisotopic (exact) mass is 394 g/mol. The van der Waals surface area contributed by atoms with Gasteiger partial charge in [0.25, 0.3) is 5.56 Å². The number of aromatic nitrogens is 4. The maximum Gasteiger partial charge on any atom is 0.258 e. The molecule has 4 aromatic rings. The lowest BCUT2D eigenvalue weighted by Crippen LogP contribution is -2.05. The molecule has 134 valence electrons. The van der Waals surface area contributed by atoms with E-state index in [0.717, 1.165) is 26.1 Å². The first-order chi connectivity index (χ1) is 13.2. The lowest BCUT2D eigenvalue weighted by atomic mass is 10.1. The maximum atomic E-state index is 11.9. The number of hydrogen-bond donors (Lipinski definition) is 1. The largest absolute Gasteiger partial charge is 0.313 e. The number of nitrogens with one attached hydrogen (secondary N) is 1. The third kappa shape index (κ3) is 3.26.